The smallest absolute Gasteiger partial charge is 0.331 e. The number of hydrogen-bond acceptors (Lipinski definition) is 4. The van der Waals surface area contributed by atoms with Crippen molar-refractivity contribution in [2.75, 3.05) is 10.6 Å². The number of anilines is 2. The second-order valence-corrected chi connectivity index (χ2v) is 6.29. The Morgan fingerprint density at radius 3 is 1.81 bits per heavy atom. The van der Waals surface area contributed by atoms with Gasteiger partial charge in [0.25, 0.3) is 0 Å². The van der Waals surface area contributed by atoms with E-state index in [9.17, 15) is 19.8 Å². The molecule has 1 atom stereocenters. The Kier molecular flexibility index (Phi) is 4.93. The SMILES string of the molecule is O=C(O)C1=CCC(C(=O)O)C(Nc2ccccc2)(Nc2ccccc2)C1. The molecule has 0 amide bonds. The van der Waals surface area contributed by atoms with Crippen molar-refractivity contribution in [3.63, 3.8) is 0 Å². The first-order chi connectivity index (χ1) is 12.5. The van der Waals surface area contributed by atoms with Crippen molar-refractivity contribution in [2.24, 2.45) is 5.92 Å². The fourth-order valence-corrected chi connectivity index (χ4v) is 3.28. The quantitative estimate of drug-likeness (QED) is 0.595. The zero-order valence-electron chi connectivity index (χ0n) is 14.1. The zero-order valence-corrected chi connectivity index (χ0v) is 14.1. The lowest BCUT2D eigenvalue weighted by Gasteiger charge is -2.44. The lowest BCUT2D eigenvalue weighted by molar-refractivity contribution is -0.144. The first kappa shape index (κ1) is 17.5. The van der Waals surface area contributed by atoms with Crippen LogP contribution in [0.1, 0.15) is 12.8 Å². The van der Waals surface area contributed by atoms with Crippen LogP contribution in [-0.4, -0.2) is 27.8 Å². The molecule has 0 fully saturated rings. The van der Waals surface area contributed by atoms with Crippen molar-refractivity contribution in [2.45, 2.75) is 18.5 Å². The molecule has 1 aliphatic carbocycles. The highest BCUT2D eigenvalue weighted by molar-refractivity contribution is 5.88. The minimum atomic E-state index is -1.17. The maximum atomic E-state index is 12.0. The fourth-order valence-electron chi connectivity index (χ4n) is 3.28. The monoisotopic (exact) mass is 352 g/mol. The highest BCUT2D eigenvalue weighted by Gasteiger charge is 2.47. The Balaban J connectivity index is 2.05. The number of para-hydroxylation sites is 2. The standard InChI is InChI=1S/C20H20N2O4/c23-18(24)14-11-12-17(19(25)26)20(13-14,21-15-7-3-1-4-8-15)22-16-9-5-2-6-10-16/h1-11,17,21-22H,12-13H2,(H,23,24)(H,25,26). The van der Waals surface area contributed by atoms with E-state index in [1.54, 1.807) is 0 Å². The molecule has 0 saturated heterocycles. The van der Waals surface area contributed by atoms with Gasteiger partial charge in [-0.1, -0.05) is 42.5 Å². The van der Waals surface area contributed by atoms with Crippen molar-refractivity contribution in [1.82, 2.24) is 0 Å². The van der Waals surface area contributed by atoms with Crippen LogP contribution in [0.2, 0.25) is 0 Å². The van der Waals surface area contributed by atoms with Gasteiger partial charge in [0, 0.05) is 23.4 Å². The van der Waals surface area contributed by atoms with Crippen molar-refractivity contribution < 1.29 is 19.8 Å². The summed E-state index contributed by atoms with van der Waals surface area (Å²) in [7, 11) is 0. The third kappa shape index (κ3) is 3.69. The fraction of sp³-hybridized carbons (Fsp3) is 0.200. The molecule has 1 aliphatic rings. The number of carboxylic acid groups (broad SMARTS) is 2. The predicted octanol–water partition coefficient (Wildman–Crippen LogP) is 3.41. The van der Waals surface area contributed by atoms with Gasteiger partial charge in [-0.05, 0) is 30.7 Å². The molecule has 134 valence electrons. The van der Waals surface area contributed by atoms with Crippen LogP contribution in [0, 0.1) is 5.92 Å². The van der Waals surface area contributed by atoms with Crippen LogP contribution in [0.25, 0.3) is 0 Å². The minimum Gasteiger partial charge on any atom is -0.481 e. The van der Waals surface area contributed by atoms with Crippen LogP contribution >= 0.6 is 0 Å². The molecular weight excluding hydrogens is 332 g/mol. The molecule has 0 spiro atoms. The van der Waals surface area contributed by atoms with Crippen LogP contribution in [0.4, 0.5) is 11.4 Å². The molecule has 0 saturated carbocycles. The second kappa shape index (κ2) is 7.31. The van der Waals surface area contributed by atoms with Gasteiger partial charge in [-0.2, -0.15) is 0 Å². The average Bonchev–Trinajstić information content (AvgIpc) is 2.63. The first-order valence-corrected chi connectivity index (χ1v) is 8.32. The summed E-state index contributed by atoms with van der Waals surface area (Å²) in [6.45, 7) is 0. The van der Waals surface area contributed by atoms with E-state index in [-0.39, 0.29) is 18.4 Å². The average molecular weight is 352 g/mol. The lowest BCUT2D eigenvalue weighted by atomic mass is 9.78. The normalized spacial score (nSPS) is 18.5. The number of carbonyl (C=O) groups is 2. The Labute approximate surface area is 151 Å². The molecule has 6 nitrogen and oxygen atoms in total. The summed E-state index contributed by atoms with van der Waals surface area (Å²) in [4.78, 5) is 23.5. The molecule has 2 aromatic carbocycles. The predicted molar refractivity (Wildman–Crippen MR) is 98.9 cm³/mol. The lowest BCUT2D eigenvalue weighted by Crippen LogP contribution is -2.57. The Morgan fingerprint density at radius 1 is 0.885 bits per heavy atom. The molecule has 0 aromatic heterocycles. The minimum absolute atomic E-state index is 0.0308. The van der Waals surface area contributed by atoms with Crippen LogP contribution in [-0.2, 0) is 9.59 Å². The van der Waals surface area contributed by atoms with E-state index in [2.05, 4.69) is 10.6 Å². The molecule has 0 radical (unpaired) electrons. The van der Waals surface area contributed by atoms with Crippen LogP contribution in [0.15, 0.2) is 72.3 Å². The molecule has 4 N–H and O–H groups in total. The summed E-state index contributed by atoms with van der Waals surface area (Å²) >= 11 is 0. The van der Waals surface area contributed by atoms with E-state index in [0.717, 1.165) is 0 Å². The third-order valence-corrected chi connectivity index (χ3v) is 4.52. The van der Waals surface area contributed by atoms with Crippen LogP contribution < -0.4 is 10.6 Å². The van der Waals surface area contributed by atoms with E-state index < -0.39 is 23.5 Å². The van der Waals surface area contributed by atoms with Gasteiger partial charge < -0.3 is 20.8 Å². The van der Waals surface area contributed by atoms with E-state index in [1.807, 2.05) is 60.7 Å². The molecule has 3 rings (SSSR count). The zero-order chi connectivity index (χ0) is 18.6. The van der Waals surface area contributed by atoms with Crippen molar-refractivity contribution in [3.05, 3.63) is 72.3 Å². The number of hydrogen-bond donors (Lipinski definition) is 4. The number of nitrogens with one attached hydrogen (secondary N) is 2. The van der Waals surface area contributed by atoms with Gasteiger partial charge in [-0.15, -0.1) is 0 Å². The van der Waals surface area contributed by atoms with E-state index >= 15 is 0 Å². The summed E-state index contributed by atoms with van der Waals surface area (Å²) in [6.07, 6.45) is 1.65. The molecule has 1 unspecified atom stereocenters. The number of benzene rings is 2. The number of aliphatic carboxylic acids is 2. The van der Waals surface area contributed by atoms with E-state index in [0.29, 0.717) is 11.4 Å². The van der Waals surface area contributed by atoms with Gasteiger partial charge in [0.05, 0.1) is 0 Å². The molecule has 0 heterocycles. The largest absolute Gasteiger partial charge is 0.481 e. The molecular formula is C20H20N2O4. The van der Waals surface area contributed by atoms with Crippen molar-refractivity contribution >= 4 is 23.3 Å². The Hall–Kier alpha value is -3.28. The van der Waals surface area contributed by atoms with Crippen molar-refractivity contribution in [1.29, 1.82) is 0 Å². The highest BCUT2D eigenvalue weighted by atomic mass is 16.4. The Morgan fingerprint density at radius 2 is 1.38 bits per heavy atom. The van der Waals surface area contributed by atoms with Gasteiger partial charge >= 0.3 is 11.9 Å². The summed E-state index contributed by atoms with van der Waals surface area (Å²) < 4.78 is 0. The summed E-state index contributed by atoms with van der Waals surface area (Å²) in [5.41, 5.74) is 0.453. The summed E-state index contributed by atoms with van der Waals surface area (Å²) in [5, 5.41) is 25.8. The molecule has 0 aliphatic heterocycles. The van der Waals surface area contributed by atoms with Gasteiger partial charge in [0.15, 0.2) is 0 Å². The molecule has 2 aromatic rings. The summed E-state index contributed by atoms with van der Waals surface area (Å²) in [6, 6.07) is 18.4. The maximum Gasteiger partial charge on any atom is 0.331 e. The van der Waals surface area contributed by atoms with Crippen LogP contribution in [0.3, 0.4) is 0 Å². The van der Waals surface area contributed by atoms with Crippen molar-refractivity contribution in [3.8, 4) is 0 Å². The van der Waals surface area contributed by atoms with E-state index in [1.165, 1.54) is 6.08 Å². The number of carboxylic acids is 2. The second-order valence-electron chi connectivity index (χ2n) is 6.29. The van der Waals surface area contributed by atoms with Gasteiger partial charge in [-0.25, -0.2) is 4.79 Å². The Bertz CT molecular complexity index is 777. The highest BCUT2D eigenvalue weighted by Crippen LogP contribution is 2.38. The molecule has 6 heteroatoms. The first-order valence-electron chi connectivity index (χ1n) is 8.32. The summed E-state index contributed by atoms with van der Waals surface area (Å²) in [5.74, 6) is -2.87. The van der Waals surface area contributed by atoms with Gasteiger partial charge in [-0.3, -0.25) is 4.79 Å². The van der Waals surface area contributed by atoms with Gasteiger partial charge in [0.2, 0.25) is 0 Å². The third-order valence-electron chi connectivity index (χ3n) is 4.52. The molecule has 26 heavy (non-hydrogen) atoms. The number of allylic oxidation sites excluding steroid dienone is 1. The van der Waals surface area contributed by atoms with Gasteiger partial charge in [0.1, 0.15) is 11.6 Å². The maximum absolute atomic E-state index is 12.0. The topological polar surface area (TPSA) is 98.7 Å². The number of rotatable bonds is 6. The van der Waals surface area contributed by atoms with Crippen LogP contribution in [0.5, 0.6) is 0 Å². The van der Waals surface area contributed by atoms with E-state index in [4.69, 9.17) is 0 Å². The molecule has 0 bridgehead atoms.